The Hall–Kier alpha value is -3.45. The van der Waals surface area contributed by atoms with Crippen molar-refractivity contribution in [1.29, 1.82) is 0 Å². The molecule has 2 N–H and O–H groups in total. The lowest BCUT2D eigenvalue weighted by molar-refractivity contribution is -0.0794. The van der Waals surface area contributed by atoms with E-state index in [4.69, 9.17) is 4.74 Å². The van der Waals surface area contributed by atoms with Crippen LogP contribution in [-0.2, 0) is 11.3 Å². The molecule has 0 bridgehead atoms. The fraction of sp³-hybridized carbons (Fsp3) is 0.500. The second-order valence-corrected chi connectivity index (χ2v) is 9.46. The molecule has 2 aliphatic rings. The van der Waals surface area contributed by atoms with E-state index in [1.165, 1.54) is 10.7 Å². The Morgan fingerprint density at radius 3 is 2.73 bits per heavy atom. The molecule has 0 aliphatic carbocycles. The van der Waals surface area contributed by atoms with E-state index in [9.17, 15) is 8.78 Å². The highest BCUT2D eigenvalue weighted by Crippen LogP contribution is 2.33. The van der Waals surface area contributed by atoms with Crippen LogP contribution in [0.4, 0.5) is 24.9 Å². The highest BCUT2D eigenvalue weighted by atomic mass is 19.1. The molecular weight excluding hydrogens is 487 g/mol. The number of piperidine rings is 1. The van der Waals surface area contributed by atoms with Crippen LogP contribution in [0.25, 0.3) is 27.9 Å². The molecule has 6 rings (SSSR count). The molecular formula is C24H28F3N9O. The van der Waals surface area contributed by atoms with Crippen LogP contribution in [0.1, 0.15) is 12.2 Å². The molecule has 6 heterocycles. The minimum atomic E-state index is -1.10. The molecule has 0 amide bonds. The van der Waals surface area contributed by atoms with Crippen LogP contribution in [-0.4, -0.2) is 92.3 Å². The molecule has 2 fully saturated rings. The number of imidazole rings is 1. The molecule has 2 saturated heterocycles. The summed E-state index contributed by atoms with van der Waals surface area (Å²) in [5, 5.41) is 10.5. The molecule has 13 heteroatoms. The van der Waals surface area contributed by atoms with Gasteiger partial charge in [-0.2, -0.15) is 4.98 Å². The van der Waals surface area contributed by atoms with Crippen LogP contribution in [0, 0.1) is 12.7 Å². The number of nitrogens with zero attached hydrogens (tertiary/aromatic N) is 7. The van der Waals surface area contributed by atoms with Gasteiger partial charge in [0, 0.05) is 20.1 Å². The Morgan fingerprint density at radius 1 is 1.19 bits per heavy atom. The van der Waals surface area contributed by atoms with Crippen molar-refractivity contribution in [2.75, 3.05) is 50.7 Å². The van der Waals surface area contributed by atoms with Crippen molar-refractivity contribution in [2.45, 2.75) is 38.1 Å². The molecule has 2 aliphatic heterocycles. The van der Waals surface area contributed by atoms with Gasteiger partial charge in [-0.15, -0.1) is 5.10 Å². The number of nitrogens with one attached hydrogen (secondary N) is 2. The molecule has 10 nitrogen and oxygen atoms in total. The second-order valence-electron chi connectivity index (χ2n) is 9.46. The van der Waals surface area contributed by atoms with Crippen molar-refractivity contribution in [2.24, 2.45) is 0 Å². The van der Waals surface area contributed by atoms with Gasteiger partial charge in [-0.3, -0.25) is 4.90 Å². The van der Waals surface area contributed by atoms with Gasteiger partial charge >= 0.3 is 0 Å². The molecule has 4 aromatic rings. The fourth-order valence-corrected chi connectivity index (χ4v) is 5.16. The second kappa shape index (κ2) is 9.45. The number of likely N-dealkylation sites (tertiary alicyclic amines) is 1. The molecule has 196 valence electrons. The quantitative estimate of drug-likeness (QED) is 0.388. The lowest BCUT2D eigenvalue weighted by Gasteiger charge is -2.42. The molecule has 0 saturated carbocycles. The Bertz CT molecular complexity index is 1450. The number of aryl methyl sites for hydroxylation is 2. The van der Waals surface area contributed by atoms with Crippen LogP contribution in [0.15, 0.2) is 18.3 Å². The maximum absolute atomic E-state index is 15.3. The number of ether oxygens (including phenoxy) is 1. The first-order chi connectivity index (χ1) is 18.0. The maximum Gasteiger partial charge on any atom is 0.243 e. The van der Waals surface area contributed by atoms with Crippen molar-refractivity contribution < 1.29 is 17.9 Å². The molecule has 0 aromatic carbocycles. The zero-order valence-electron chi connectivity index (χ0n) is 20.6. The fourth-order valence-electron chi connectivity index (χ4n) is 5.16. The first-order valence-electron chi connectivity index (χ1n) is 12.4. The van der Waals surface area contributed by atoms with E-state index in [0.717, 1.165) is 6.54 Å². The zero-order chi connectivity index (χ0) is 25.7. The molecule has 0 spiro atoms. The monoisotopic (exact) mass is 515 g/mol. The average molecular weight is 516 g/mol. The van der Waals surface area contributed by atoms with Crippen LogP contribution in [0.3, 0.4) is 0 Å². The summed E-state index contributed by atoms with van der Waals surface area (Å²) in [5.74, 6) is 0.660. The van der Waals surface area contributed by atoms with Crippen molar-refractivity contribution in [3.63, 3.8) is 0 Å². The number of alkyl halides is 2. The third kappa shape index (κ3) is 4.15. The van der Waals surface area contributed by atoms with Gasteiger partial charge in [-0.25, -0.2) is 27.7 Å². The predicted molar refractivity (Wildman–Crippen MR) is 133 cm³/mol. The first kappa shape index (κ1) is 23.9. The molecule has 4 aromatic heterocycles. The number of aromatic nitrogens is 6. The van der Waals surface area contributed by atoms with Crippen LogP contribution >= 0.6 is 0 Å². The lowest BCUT2D eigenvalue weighted by atomic mass is 10.0. The largest absolute Gasteiger partial charge is 0.378 e. The Labute approximate surface area is 210 Å². The summed E-state index contributed by atoms with van der Waals surface area (Å²) >= 11 is 0. The highest BCUT2D eigenvalue weighted by molar-refractivity contribution is 5.89. The summed E-state index contributed by atoms with van der Waals surface area (Å²) in [5.41, 5.74) is 2.03. The number of rotatable bonds is 7. The van der Waals surface area contributed by atoms with Crippen molar-refractivity contribution >= 4 is 28.4 Å². The molecule has 2 atom stereocenters. The predicted octanol–water partition coefficient (Wildman–Crippen LogP) is 2.82. The minimum Gasteiger partial charge on any atom is -0.378 e. The smallest absolute Gasteiger partial charge is 0.243 e. The van der Waals surface area contributed by atoms with Gasteiger partial charge in [0.25, 0.3) is 0 Å². The van der Waals surface area contributed by atoms with Gasteiger partial charge in [0.1, 0.15) is 29.7 Å². The summed E-state index contributed by atoms with van der Waals surface area (Å²) in [6.07, 6.45) is 0.743. The number of anilines is 2. The van der Waals surface area contributed by atoms with Gasteiger partial charge in [0.05, 0.1) is 49.3 Å². The van der Waals surface area contributed by atoms with E-state index in [0.29, 0.717) is 60.2 Å². The van der Waals surface area contributed by atoms with E-state index in [2.05, 4.69) is 35.6 Å². The van der Waals surface area contributed by atoms with Crippen molar-refractivity contribution in [1.82, 2.24) is 34.0 Å². The van der Waals surface area contributed by atoms with E-state index < -0.39 is 24.7 Å². The van der Waals surface area contributed by atoms with Crippen LogP contribution < -0.4 is 10.6 Å². The standard InChI is InChI=1S/C24H28F3N9O/c1-13-29-19-4-3-18(30-23(19)35(13)8-6-25)20-16(27)10-36-21(20)22(28-2)32-24(33-36)31-17-5-7-34(9-15(17)26)14-11-37-12-14/h3-4,10,14-15,17H,5-9,11-12H2,1-2H3,(H2,28,31,32,33)/t15-,17+/m1/s1. The Kier molecular flexibility index (Phi) is 6.11. The summed E-state index contributed by atoms with van der Waals surface area (Å²) < 4.78 is 51.7. The van der Waals surface area contributed by atoms with E-state index in [-0.39, 0.29) is 24.1 Å². The van der Waals surface area contributed by atoms with E-state index in [1.54, 1.807) is 30.7 Å². The normalized spacial score (nSPS) is 21.0. The third-order valence-electron chi connectivity index (χ3n) is 7.19. The van der Waals surface area contributed by atoms with Gasteiger partial charge in [0.2, 0.25) is 5.95 Å². The SMILES string of the molecule is CNc1nc(N[C@H]2CCN(C3COC3)C[C@H]2F)nn2cc(F)c(-c3ccc4nc(C)n(CCF)c4n3)c12. The molecule has 0 radical (unpaired) electrons. The van der Waals surface area contributed by atoms with Gasteiger partial charge in [-0.05, 0) is 25.5 Å². The van der Waals surface area contributed by atoms with Gasteiger partial charge in [-0.1, -0.05) is 0 Å². The summed E-state index contributed by atoms with van der Waals surface area (Å²) in [6.45, 7) is 3.70. The number of pyridine rings is 1. The third-order valence-corrected chi connectivity index (χ3v) is 7.19. The van der Waals surface area contributed by atoms with Crippen molar-refractivity contribution in [3.05, 3.63) is 30.0 Å². The number of hydrogen-bond donors (Lipinski definition) is 2. The topological polar surface area (TPSA) is 97.4 Å². The van der Waals surface area contributed by atoms with Gasteiger partial charge < -0.3 is 19.9 Å². The highest BCUT2D eigenvalue weighted by Gasteiger charge is 2.35. The number of halogens is 3. The zero-order valence-corrected chi connectivity index (χ0v) is 20.6. The van der Waals surface area contributed by atoms with Gasteiger partial charge in [0.15, 0.2) is 17.3 Å². The Morgan fingerprint density at radius 2 is 2.03 bits per heavy atom. The van der Waals surface area contributed by atoms with Crippen LogP contribution in [0.2, 0.25) is 0 Å². The summed E-state index contributed by atoms with van der Waals surface area (Å²) in [4.78, 5) is 15.7. The van der Waals surface area contributed by atoms with E-state index in [1.807, 2.05) is 0 Å². The molecule has 0 unspecified atom stereocenters. The maximum atomic E-state index is 15.3. The number of fused-ring (bicyclic) bond motifs is 2. The average Bonchev–Trinajstić information content (AvgIpc) is 3.34. The first-order valence-corrected chi connectivity index (χ1v) is 12.4. The number of hydrogen-bond acceptors (Lipinski definition) is 8. The Balaban J connectivity index is 1.33. The van der Waals surface area contributed by atoms with Crippen molar-refractivity contribution in [3.8, 4) is 11.3 Å². The summed E-state index contributed by atoms with van der Waals surface area (Å²) in [6, 6.07) is 3.24. The lowest BCUT2D eigenvalue weighted by Crippen LogP contribution is -2.57. The van der Waals surface area contributed by atoms with E-state index >= 15 is 4.39 Å². The summed E-state index contributed by atoms with van der Waals surface area (Å²) in [7, 11) is 1.67. The van der Waals surface area contributed by atoms with Crippen LogP contribution in [0.5, 0.6) is 0 Å². The molecule has 37 heavy (non-hydrogen) atoms. The minimum absolute atomic E-state index is 0.112.